The number of halogens is 2. The third-order valence-electron chi connectivity index (χ3n) is 4.74. The lowest BCUT2D eigenvalue weighted by Crippen LogP contribution is -2.65. The van der Waals surface area contributed by atoms with Crippen LogP contribution in [0, 0.1) is 11.3 Å². The van der Waals surface area contributed by atoms with Crippen LogP contribution in [-0.2, 0) is 11.3 Å². The summed E-state index contributed by atoms with van der Waals surface area (Å²) in [5.74, 6) is 0.808. The molecule has 1 aliphatic carbocycles. The summed E-state index contributed by atoms with van der Waals surface area (Å²) in [7, 11) is 0. The van der Waals surface area contributed by atoms with Gasteiger partial charge < -0.3 is 14.8 Å². The molecule has 2 aliphatic rings. The van der Waals surface area contributed by atoms with Crippen LogP contribution in [0.3, 0.4) is 0 Å². The number of hydrogen-bond acceptors (Lipinski definition) is 4. The molecule has 3 unspecified atom stereocenters. The molecule has 0 amide bonds. The number of ether oxygens (including phenoxy) is 2. The summed E-state index contributed by atoms with van der Waals surface area (Å²) in [6, 6.07) is 5.64. The highest BCUT2D eigenvalue weighted by Gasteiger charge is 2.58. The van der Waals surface area contributed by atoms with Gasteiger partial charge in [-0.25, -0.2) is 13.8 Å². The van der Waals surface area contributed by atoms with E-state index in [1.165, 1.54) is 0 Å². The van der Waals surface area contributed by atoms with Crippen molar-refractivity contribution in [3.63, 3.8) is 0 Å². The minimum atomic E-state index is -2.49. The SMILES string of the molecule is CC1(C)C(NCc2cccc(OCC(F)F)n2)C2CCOC21. The van der Waals surface area contributed by atoms with E-state index in [-0.39, 0.29) is 11.3 Å². The Morgan fingerprint density at radius 1 is 1.45 bits per heavy atom. The minimum absolute atomic E-state index is 0.116. The van der Waals surface area contributed by atoms with Gasteiger partial charge in [0.1, 0.15) is 0 Å². The van der Waals surface area contributed by atoms with E-state index in [4.69, 9.17) is 9.47 Å². The molecule has 1 aromatic rings. The molecule has 0 radical (unpaired) electrons. The van der Waals surface area contributed by atoms with Crippen molar-refractivity contribution in [1.82, 2.24) is 10.3 Å². The first-order valence-corrected chi connectivity index (χ1v) is 7.70. The molecule has 122 valence electrons. The monoisotopic (exact) mass is 312 g/mol. The Bertz CT molecular complexity index is 525. The van der Waals surface area contributed by atoms with Crippen LogP contribution in [-0.4, -0.2) is 36.8 Å². The number of nitrogens with zero attached hydrogens (tertiary/aromatic N) is 1. The first-order valence-electron chi connectivity index (χ1n) is 7.70. The van der Waals surface area contributed by atoms with Gasteiger partial charge in [0.2, 0.25) is 5.88 Å². The number of nitrogens with one attached hydrogen (secondary N) is 1. The van der Waals surface area contributed by atoms with Crippen molar-refractivity contribution in [2.24, 2.45) is 11.3 Å². The zero-order valence-electron chi connectivity index (χ0n) is 12.9. The van der Waals surface area contributed by atoms with Gasteiger partial charge >= 0.3 is 0 Å². The van der Waals surface area contributed by atoms with Crippen molar-refractivity contribution in [2.75, 3.05) is 13.2 Å². The third kappa shape index (κ3) is 2.94. The maximum absolute atomic E-state index is 12.2. The van der Waals surface area contributed by atoms with E-state index in [0.29, 0.717) is 24.6 Å². The van der Waals surface area contributed by atoms with E-state index in [2.05, 4.69) is 24.1 Å². The molecule has 6 heteroatoms. The molecular formula is C16H22F2N2O2. The Labute approximate surface area is 129 Å². The lowest BCUT2D eigenvalue weighted by molar-refractivity contribution is -0.113. The minimum Gasteiger partial charge on any atom is -0.472 e. The predicted octanol–water partition coefficient (Wildman–Crippen LogP) is 2.63. The Morgan fingerprint density at radius 2 is 2.27 bits per heavy atom. The maximum atomic E-state index is 12.2. The first-order chi connectivity index (χ1) is 10.5. The number of alkyl halides is 2. The van der Waals surface area contributed by atoms with Crippen LogP contribution in [0.4, 0.5) is 8.78 Å². The average Bonchev–Trinajstić information content (AvgIpc) is 2.92. The van der Waals surface area contributed by atoms with Crippen LogP contribution in [0.15, 0.2) is 18.2 Å². The summed E-state index contributed by atoms with van der Waals surface area (Å²) in [6.45, 7) is 5.25. The molecule has 22 heavy (non-hydrogen) atoms. The van der Waals surface area contributed by atoms with Crippen LogP contribution in [0.1, 0.15) is 26.0 Å². The largest absolute Gasteiger partial charge is 0.472 e. The molecule has 1 saturated carbocycles. The molecule has 1 N–H and O–H groups in total. The number of hydrogen-bond donors (Lipinski definition) is 1. The second kappa shape index (κ2) is 6.08. The maximum Gasteiger partial charge on any atom is 0.272 e. The van der Waals surface area contributed by atoms with Gasteiger partial charge in [-0.3, -0.25) is 0 Å². The molecule has 0 spiro atoms. The van der Waals surface area contributed by atoms with Gasteiger partial charge in [-0.15, -0.1) is 0 Å². The van der Waals surface area contributed by atoms with Gasteiger partial charge in [-0.1, -0.05) is 19.9 Å². The van der Waals surface area contributed by atoms with Crippen molar-refractivity contribution in [1.29, 1.82) is 0 Å². The normalized spacial score (nSPS) is 29.2. The van der Waals surface area contributed by atoms with Crippen LogP contribution >= 0.6 is 0 Å². The Hall–Kier alpha value is -1.27. The van der Waals surface area contributed by atoms with Crippen molar-refractivity contribution < 1.29 is 18.3 Å². The Kier molecular flexibility index (Phi) is 4.32. The molecule has 2 heterocycles. The van der Waals surface area contributed by atoms with E-state index >= 15 is 0 Å². The summed E-state index contributed by atoms with van der Waals surface area (Å²) in [4.78, 5) is 4.26. The van der Waals surface area contributed by atoms with Gasteiger partial charge in [0, 0.05) is 36.6 Å². The molecule has 1 aromatic heterocycles. The van der Waals surface area contributed by atoms with E-state index in [1.807, 2.05) is 6.07 Å². The zero-order valence-corrected chi connectivity index (χ0v) is 12.9. The average molecular weight is 312 g/mol. The summed E-state index contributed by atoms with van der Waals surface area (Å²) < 4.78 is 35.1. The fourth-order valence-corrected chi connectivity index (χ4v) is 3.74. The summed E-state index contributed by atoms with van der Waals surface area (Å²) >= 11 is 0. The fourth-order valence-electron chi connectivity index (χ4n) is 3.74. The van der Waals surface area contributed by atoms with Crippen LogP contribution in [0.2, 0.25) is 0 Å². The standard InChI is InChI=1S/C16H22F2N2O2/c1-16(2)14(11-6-7-21-15(11)16)19-8-10-4-3-5-13(20-10)22-9-12(17)18/h3-5,11-12,14-15,19H,6-9H2,1-2H3. The predicted molar refractivity (Wildman–Crippen MR) is 78.0 cm³/mol. The summed E-state index contributed by atoms with van der Waals surface area (Å²) in [5.41, 5.74) is 0.912. The number of rotatable bonds is 6. The van der Waals surface area contributed by atoms with Crippen LogP contribution < -0.4 is 10.1 Å². The molecule has 3 atom stereocenters. The van der Waals surface area contributed by atoms with Crippen molar-refractivity contribution in [3.05, 3.63) is 23.9 Å². The lowest BCUT2D eigenvalue weighted by Gasteiger charge is -2.54. The smallest absolute Gasteiger partial charge is 0.272 e. The molecule has 0 aromatic carbocycles. The molecule has 3 rings (SSSR count). The van der Waals surface area contributed by atoms with E-state index in [9.17, 15) is 8.78 Å². The Morgan fingerprint density at radius 3 is 3.05 bits per heavy atom. The van der Waals surface area contributed by atoms with Crippen molar-refractivity contribution in [3.8, 4) is 5.88 Å². The Balaban J connectivity index is 1.56. The molecule has 1 aliphatic heterocycles. The number of pyridine rings is 1. The quantitative estimate of drug-likeness (QED) is 0.877. The molecule has 2 fully saturated rings. The zero-order chi connectivity index (χ0) is 15.7. The lowest BCUT2D eigenvalue weighted by atomic mass is 9.57. The summed E-state index contributed by atoms with van der Waals surface area (Å²) in [6.07, 6.45) is -1.05. The highest BCUT2D eigenvalue weighted by atomic mass is 19.3. The number of aromatic nitrogens is 1. The first kappa shape index (κ1) is 15.6. The molecule has 4 nitrogen and oxygen atoms in total. The second-order valence-electron chi connectivity index (χ2n) is 6.59. The topological polar surface area (TPSA) is 43.4 Å². The molecule has 1 saturated heterocycles. The van der Waals surface area contributed by atoms with E-state index in [0.717, 1.165) is 18.7 Å². The second-order valence-corrected chi connectivity index (χ2v) is 6.59. The molecular weight excluding hydrogens is 290 g/mol. The van der Waals surface area contributed by atoms with Crippen molar-refractivity contribution >= 4 is 0 Å². The molecule has 0 bridgehead atoms. The van der Waals surface area contributed by atoms with E-state index < -0.39 is 13.0 Å². The van der Waals surface area contributed by atoms with Gasteiger partial charge in [0.05, 0.1) is 11.8 Å². The van der Waals surface area contributed by atoms with Gasteiger partial charge in [0.25, 0.3) is 6.43 Å². The van der Waals surface area contributed by atoms with E-state index in [1.54, 1.807) is 12.1 Å². The summed E-state index contributed by atoms with van der Waals surface area (Å²) in [5, 5.41) is 3.54. The fraction of sp³-hybridized carbons (Fsp3) is 0.688. The van der Waals surface area contributed by atoms with Crippen molar-refractivity contribution in [2.45, 2.75) is 45.4 Å². The van der Waals surface area contributed by atoms with Gasteiger partial charge in [0.15, 0.2) is 6.61 Å². The third-order valence-corrected chi connectivity index (χ3v) is 4.74. The van der Waals surface area contributed by atoms with Gasteiger partial charge in [-0.05, 0) is 12.5 Å². The highest BCUT2D eigenvalue weighted by molar-refractivity contribution is 5.17. The highest BCUT2D eigenvalue weighted by Crippen LogP contribution is 2.52. The van der Waals surface area contributed by atoms with Gasteiger partial charge in [-0.2, -0.15) is 0 Å². The number of fused-ring (bicyclic) bond motifs is 1. The van der Waals surface area contributed by atoms with Crippen LogP contribution in [0.5, 0.6) is 5.88 Å². The van der Waals surface area contributed by atoms with Crippen LogP contribution in [0.25, 0.3) is 0 Å².